The zero-order valence-corrected chi connectivity index (χ0v) is 80.8. The van der Waals surface area contributed by atoms with Crippen molar-refractivity contribution in [2.45, 2.75) is 13.8 Å². The number of aryl methyl sites for hydroxylation is 2. The van der Waals surface area contributed by atoms with Crippen LogP contribution in [0.5, 0.6) is 0 Å². The van der Waals surface area contributed by atoms with Crippen molar-refractivity contribution in [3.05, 3.63) is 527 Å². The summed E-state index contributed by atoms with van der Waals surface area (Å²) < 4.78 is 12.2. The second-order valence-electron chi connectivity index (χ2n) is 39.6. The molecule has 0 aliphatic carbocycles. The van der Waals surface area contributed by atoms with Gasteiger partial charge in [-0.3, -0.25) is 0 Å². The van der Waals surface area contributed by atoms with E-state index in [2.05, 4.69) is 552 Å². The molecule has 684 valence electrons. The molecule has 0 aliphatic heterocycles. The van der Waals surface area contributed by atoms with Crippen LogP contribution >= 0.6 is 0 Å². The number of aromatic nitrogens is 5. The highest BCUT2D eigenvalue weighted by molar-refractivity contribution is 6.39. The lowest BCUT2D eigenvalue weighted by Gasteiger charge is -2.19. The highest BCUT2D eigenvalue weighted by atomic mass is 15.0. The monoisotopic (exact) mass is 1870 g/mol. The van der Waals surface area contributed by atoms with Gasteiger partial charge in [-0.15, -0.1) is 0 Å². The van der Waals surface area contributed by atoms with Crippen molar-refractivity contribution >= 4 is 217 Å². The number of hydrogen-bond acceptors (Lipinski definition) is 0. The summed E-state index contributed by atoms with van der Waals surface area (Å²) in [6, 6.07) is 188. The fourth-order valence-corrected chi connectivity index (χ4v) is 25.6. The quantitative estimate of drug-likeness (QED) is 0.102. The highest BCUT2D eigenvalue weighted by Gasteiger charge is 2.29. The summed E-state index contributed by atoms with van der Waals surface area (Å²) in [5.74, 6) is 0. The van der Waals surface area contributed by atoms with Crippen LogP contribution in [0.4, 0.5) is 0 Å². The van der Waals surface area contributed by atoms with E-state index in [-0.39, 0.29) is 0 Å². The highest BCUT2D eigenvalue weighted by Crippen LogP contribution is 2.53. The first-order chi connectivity index (χ1) is 72.8. The Bertz CT molecular complexity index is 10600. The fourth-order valence-electron chi connectivity index (χ4n) is 25.6. The number of hydrogen-bond donors (Lipinski definition) is 0. The van der Waals surface area contributed by atoms with Gasteiger partial charge in [0.25, 0.3) is 0 Å². The number of benzene rings is 28. The van der Waals surface area contributed by atoms with Crippen molar-refractivity contribution < 1.29 is 0 Å². The standard InChI is InChI=1S/C42H26N2.C38H23N.C36H23N.C26H19N/c1-2-10-29(11-3-1)43-37-17-7-6-14-33(37)36-26-28(22-25-38(36)43)27-20-23-30(24-21-27)44-39-18-8-15-34-31-12-4-5-13-32(31)35-16-9-19-40(44)42(35)41(34)39;1-2-12-24(13-3-1)35-29-16-6-8-18-31(29)38(32-19-9-7-17-30(32)35)39-33-22-10-20-27-25-14-4-5-15-26(25)28-21-11-23-34(39)37(28)36(27)33;1-3-11-24(12-4-1)26-21-27(25-13-5-2-6-14-25)23-28(22-26)37-33-19-9-17-31-29-15-7-8-16-30(29)32-18-10-20-34(37)36(32)35(31)33;1-16-13-14-22(17(2)15-16)27-23-11-5-9-20-18-7-3-4-8-19(18)21-10-6-12-24(27)26(21)25(20)23/h1-26H;1-23H;1-23H;3-15H,1-2H3. The van der Waals surface area contributed by atoms with Crippen LogP contribution in [0.3, 0.4) is 0 Å². The average Bonchev–Trinajstić information content (AvgIpc) is 1.54. The second-order valence-corrected chi connectivity index (χ2v) is 39.6. The summed E-state index contributed by atoms with van der Waals surface area (Å²) in [5.41, 5.74) is 31.1. The average molecular weight is 1870 g/mol. The number of fused-ring (bicyclic) bond motifs is 17. The lowest BCUT2D eigenvalue weighted by molar-refractivity contribution is 1.14. The molecule has 33 aromatic rings. The third-order valence-electron chi connectivity index (χ3n) is 31.6. The first-order valence-corrected chi connectivity index (χ1v) is 51.0. The van der Waals surface area contributed by atoms with Gasteiger partial charge < -0.3 is 22.8 Å². The minimum Gasteiger partial charge on any atom is -0.309 e. The predicted octanol–water partition coefficient (Wildman–Crippen LogP) is 38.8. The molecule has 0 fully saturated rings. The molecular weight excluding hydrogens is 1780 g/mol. The van der Waals surface area contributed by atoms with E-state index in [1.54, 1.807) is 0 Å². The minimum atomic E-state index is 1.18. The Labute approximate surface area is 847 Å². The molecule has 0 amide bonds. The van der Waals surface area contributed by atoms with Crippen LogP contribution in [0.1, 0.15) is 11.1 Å². The molecule has 0 bridgehead atoms. The van der Waals surface area contributed by atoms with Crippen molar-refractivity contribution in [3.8, 4) is 72.9 Å². The third kappa shape index (κ3) is 12.7. The van der Waals surface area contributed by atoms with Crippen LogP contribution in [-0.2, 0) is 0 Å². The van der Waals surface area contributed by atoms with Gasteiger partial charge in [0.1, 0.15) is 0 Å². The van der Waals surface area contributed by atoms with Crippen LogP contribution in [0.25, 0.3) is 290 Å². The SMILES string of the molecule is Cc1ccc(-n2c3cccc4c5ccccc5c5cccc2c5c43)c(C)c1.c1ccc(-c2c3ccccc3c(-n3c4cccc5c6ccccc6c6cccc3c6c54)c3ccccc23)cc1.c1ccc(-c2cc(-c3ccccc3)cc(-n3c4cccc5c6ccccc6c6cccc3c6c54)c2)cc1.c1ccc(-n2c3ccccc3c3cc(-c4ccc(-n5c6cccc7c8ccccc8c8cccc5c8c76)cc4)ccc32)cc1. The van der Waals surface area contributed by atoms with E-state index in [0.29, 0.717) is 0 Å². The first kappa shape index (κ1) is 83.6. The van der Waals surface area contributed by atoms with E-state index in [9.17, 15) is 0 Å². The van der Waals surface area contributed by atoms with Crippen molar-refractivity contribution in [2.24, 2.45) is 0 Å². The van der Waals surface area contributed by atoms with Gasteiger partial charge in [0.2, 0.25) is 0 Å². The molecule has 147 heavy (non-hydrogen) atoms. The summed E-state index contributed by atoms with van der Waals surface area (Å²) in [6.45, 7) is 4.37. The molecule has 0 spiro atoms. The summed E-state index contributed by atoms with van der Waals surface area (Å²) in [7, 11) is 0. The molecule has 0 unspecified atom stereocenters. The maximum atomic E-state index is 2.53. The van der Waals surface area contributed by atoms with Crippen LogP contribution in [0.15, 0.2) is 516 Å². The zero-order chi connectivity index (χ0) is 96.7. The molecule has 0 atom stereocenters. The van der Waals surface area contributed by atoms with Crippen molar-refractivity contribution in [1.82, 2.24) is 22.8 Å². The summed E-state index contributed by atoms with van der Waals surface area (Å²) in [6.07, 6.45) is 0. The molecule has 5 aromatic heterocycles. The third-order valence-corrected chi connectivity index (χ3v) is 31.6. The van der Waals surface area contributed by atoms with Gasteiger partial charge in [0.05, 0.1) is 60.9 Å². The van der Waals surface area contributed by atoms with Gasteiger partial charge in [0, 0.05) is 87.4 Å². The Morgan fingerprint density at radius 1 is 0.129 bits per heavy atom. The molecule has 0 radical (unpaired) electrons. The van der Waals surface area contributed by atoms with Crippen LogP contribution < -0.4 is 0 Å². The maximum Gasteiger partial charge on any atom is 0.0619 e. The van der Waals surface area contributed by atoms with Gasteiger partial charge in [-0.2, -0.15) is 0 Å². The number of rotatable bonds is 9. The van der Waals surface area contributed by atoms with Gasteiger partial charge in [-0.05, 0) is 276 Å². The molecule has 0 saturated carbocycles. The van der Waals surface area contributed by atoms with E-state index < -0.39 is 0 Å². The molecule has 0 saturated heterocycles. The van der Waals surface area contributed by atoms with Gasteiger partial charge in [-0.1, -0.05) is 406 Å². The minimum absolute atomic E-state index is 1.18. The van der Waals surface area contributed by atoms with Crippen LogP contribution in [-0.4, -0.2) is 22.8 Å². The number of nitrogens with zero attached hydrogens (tertiary/aromatic N) is 5. The van der Waals surface area contributed by atoms with Crippen LogP contribution in [0.2, 0.25) is 0 Å². The van der Waals surface area contributed by atoms with E-state index in [0.717, 1.165) is 0 Å². The Balaban J connectivity index is 0.0000000918. The summed E-state index contributed by atoms with van der Waals surface area (Å²) in [5, 5.41) is 39.6. The van der Waals surface area contributed by atoms with Crippen molar-refractivity contribution in [2.75, 3.05) is 0 Å². The van der Waals surface area contributed by atoms with E-state index in [1.807, 2.05) is 0 Å². The van der Waals surface area contributed by atoms with E-state index in [1.165, 1.54) is 301 Å². The van der Waals surface area contributed by atoms with Crippen molar-refractivity contribution in [3.63, 3.8) is 0 Å². The molecule has 5 heterocycles. The normalized spacial score (nSPS) is 12.0. The van der Waals surface area contributed by atoms with Gasteiger partial charge >= 0.3 is 0 Å². The fraction of sp³-hybridized carbons (Fsp3) is 0.0141. The lowest BCUT2D eigenvalue weighted by Crippen LogP contribution is -1.99. The molecule has 28 aromatic carbocycles. The molecule has 0 aliphatic rings. The Morgan fingerprint density at radius 3 is 0.769 bits per heavy atom. The second kappa shape index (κ2) is 33.2. The predicted molar refractivity (Wildman–Crippen MR) is 628 cm³/mol. The van der Waals surface area contributed by atoms with E-state index >= 15 is 0 Å². The topological polar surface area (TPSA) is 24.6 Å². The van der Waals surface area contributed by atoms with Crippen LogP contribution in [0, 0.1) is 13.8 Å². The lowest BCUT2D eigenvalue weighted by atomic mass is 9.90. The molecule has 5 nitrogen and oxygen atoms in total. The molecule has 5 heteroatoms. The Hall–Kier alpha value is -19.2. The number of para-hydroxylation sites is 2. The molecular formula is C142H91N5. The Morgan fingerprint density at radius 2 is 0.395 bits per heavy atom. The molecule has 0 N–H and O–H groups in total. The largest absolute Gasteiger partial charge is 0.309 e. The smallest absolute Gasteiger partial charge is 0.0619 e. The summed E-state index contributed by atoms with van der Waals surface area (Å²) in [4.78, 5) is 0. The van der Waals surface area contributed by atoms with Gasteiger partial charge in [-0.25, -0.2) is 0 Å². The maximum absolute atomic E-state index is 2.53. The van der Waals surface area contributed by atoms with Gasteiger partial charge in [0.15, 0.2) is 0 Å². The molecule has 33 rings (SSSR count). The summed E-state index contributed by atoms with van der Waals surface area (Å²) >= 11 is 0. The zero-order valence-electron chi connectivity index (χ0n) is 80.8. The first-order valence-electron chi connectivity index (χ1n) is 51.0. The van der Waals surface area contributed by atoms with Crippen molar-refractivity contribution in [1.29, 1.82) is 0 Å². The Kier molecular flexibility index (Phi) is 18.9. The van der Waals surface area contributed by atoms with E-state index in [4.69, 9.17) is 0 Å².